The Morgan fingerprint density at radius 3 is 2.84 bits per heavy atom. The van der Waals surface area contributed by atoms with Crippen molar-refractivity contribution in [1.82, 2.24) is 10.2 Å². The molecule has 0 radical (unpaired) electrons. The molecule has 19 heavy (non-hydrogen) atoms. The summed E-state index contributed by atoms with van der Waals surface area (Å²) in [4.78, 5) is 9.99. The summed E-state index contributed by atoms with van der Waals surface area (Å²) in [5.74, 6) is -0.873. The molecule has 1 heterocycles. The van der Waals surface area contributed by atoms with Crippen LogP contribution in [0.5, 0.6) is 5.75 Å². The van der Waals surface area contributed by atoms with Crippen molar-refractivity contribution in [3.63, 3.8) is 0 Å². The summed E-state index contributed by atoms with van der Waals surface area (Å²) >= 11 is 6.71. The highest BCUT2D eigenvalue weighted by Crippen LogP contribution is 2.28. The van der Waals surface area contributed by atoms with Crippen LogP contribution in [0.3, 0.4) is 0 Å². The molecular formula is C10H7ClFN3O3S. The Balaban J connectivity index is 2.17. The maximum atomic E-state index is 13.6. The number of aromatic nitrogens is 2. The molecule has 2 aromatic rings. The second-order valence-corrected chi connectivity index (χ2v) is 5.21. The van der Waals surface area contributed by atoms with E-state index >= 15 is 0 Å². The summed E-state index contributed by atoms with van der Waals surface area (Å²) in [6.45, 7) is 1.50. The number of nitro benzene ring substituents is 1. The molecule has 1 aromatic carbocycles. The first-order valence-electron chi connectivity index (χ1n) is 5.02. The first-order chi connectivity index (χ1) is 8.97. The quantitative estimate of drug-likeness (QED) is 0.640. The molecule has 0 saturated carbocycles. The Bertz CT molecular complexity index is 634. The summed E-state index contributed by atoms with van der Waals surface area (Å²) in [5.41, 5.74) is 0.0282. The van der Waals surface area contributed by atoms with Crippen LogP contribution >= 0.6 is 22.9 Å². The molecule has 9 heteroatoms. The lowest BCUT2D eigenvalue weighted by Crippen LogP contribution is -2.00. The third kappa shape index (κ3) is 3.15. The molecule has 0 spiro atoms. The fourth-order valence-corrected chi connectivity index (χ4v) is 2.16. The van der Waals surface area contributed by atoms with Gasteiger partial charge in [0.25, 0.3) is 5.69 Å². The number of ether oxygens (including phenoxy) is 1. The van der Waals surface area contributed by atoms with Crippen molar-refractivity contribution >= 4 is 28.6 Å². The molecule has 0 aliphatic heterocycles. The number of nitrogens with zero attached hydrogens (tertiary/aromatic N) is 3. The van der Waals surface area contributed by atoms with Gasteiger partial charge in [0.05, 0.1) is 11.0 Å². The maximum absolute atomic E-state index is 13.6. The topological polar surface area (TPSA) is 78.2 Å². The smallest absolute Gasteiger partial charge is 0.275 e. The van der Waals surface area contributed by atoms with Crippen LogP contribution in [0.1, 0.15) is 10.6 Å². The van der Waals surface area contributed by atoms with Crippen molar-refractivity contribution < 1.29 is 14.1 Å². The highest BCUT2D eigenvalue weighted by atomic mass is 35.5. The van der Waals surface area contributed by atoms with Gasteiger partial charge in [-0.1, -0.05) is 11.3 Å². The lowest BCUT2D eigenvalue weighted by molar-refractivity contribution is -0.385. The van der Waals surface area contributed by atoms with E-state index in [2.05, 4.69) is 10.2 Å². The Kier molecular flexibility index (Phi) is 3.91. The molecule has 0 bridgehead atoms. The molecule has 0 aliphatic carbocycles. The van der Waals surface area contributed by atoms with Gasteiger partial charge in [0.15, 0.2) is 16.6 Å². The zero-order valence-electron chi connectivity index (χ0n) is 9.59. The molecule has 1 aromatic heterocycles. The average Bonchev–Trinajstić information content (AvgIpc) is 2.75. The van der Waals surface area contributed by atoms with E-state index < -0.39 is 10.7 Å². The first-order valence-corrected chi connectivity index (χ1v) is 6.22. The average molecular weight is 304 g/mol. The molecule has 0 atom stereocenters. The van der Waals surface area contributed by atoms with Gasteiger partial charge in [-0.3, -0.25) is 10.1 Å². The van der Waals surface area contributed by atoms with Gasteiger partial charge < -0.3 is 4.74 Å². The van der Waals surface area contributed by atoms with Gasteiger partial charge in [0, 0.05) is 5.56 Å². The van der Waals surface area contributed by atoms with Crippen LogP contribution in [0.4, 0.5) is 10.1 Å². The van der Waals surface area contributed by atoms with Crippen LogP contribution < -0.4 is 4.74 Å². The van der Waals surface area contributed by atoms with Gasteiger partial charge >= 0.3 is 0 Å². The van der Waals surface area contributed by atoms with E-state index in [1.807, 2.05) is 0 Å². The Labute approximate surface area is 116 Å². The predicted molar refractivity (Wildman–Crippen MR) is 67.0 cm³/mol. The van der Waals surface area contributed by atoms with Gasteiger partial charge in [-0.05, 0) is 24.6 Å². The molecule has 0 saturated heterocycles. The third-order valence-corrected chi connectivity index (χ3v) is 3.23. The summed E-state index contributed by atoms with van der Waals surface area (Å²) < 4.78 is 19.1. The molecule has 100 valence electrons. The molecule has 0 fully saturated rings. The van der Waals surface area contributed by atoms with Gasteiger partial charge in [0.2, 0.25) is 4.47 Å². The molecule has 0 unspecified atom stereocenters. The Hall–Kier alpha value is -1.80. The highest BCUT2D eigenvalue weighted by Gasteiger charge is 2.16. The molecule has 0 N–H and O–H groups in total. The van der Waals surface area contributed by atoms with Crippen LogP contribution in [-0.4, -0.2) is 15.1 Å². The normalized spacial score (nSPS) is 10.5. The monoisotopic (exact) mass is 303 g/mol. The van der Waals surface area contributed by atoms with E-state index in [-0.39, 0.29) is 22.5 Å². The largest absolute Gasteiger partial charge is 0.483 e. The van der Waals surface area contributed by atoms with Crippen LogP contribution in [-0.2, 0) is 6.61 Å². The summed E-state index contributed by atoms with van der Waals surface area (Å²) in [6, 6.07) is 2.11. The molecular weight excluding hydrogens is 297 g/mol. The SMILES string of the molecule is Cc1cc(OCc2nnc(Cl)s2)c(F)cc1[N+](=O)[O-]. The molecule has 0 amide bonds. The summed E-state index contributed by atoms with van der Waals surface area (Å²) in [6.07, 6.45) is 0. The zero-order chi connectivity index (χ0) is 14.0. The minimum absolute atomic E-state index is 0.00143. The fourth-order valence-electron chi connectivity index (χ4n) is 1.38. The van der Waals surface area contributed by atoms with Crippen molar-refractivity contribution in [2.45, 2.75) is 13.5 Å². The van der Waals surface area contributed by atoms with Gasteiger partial charge in [-0.25, -0.2) is 4.39 Å². The number of benzene rings is 1. The van der Waals surface area contributed by atoms with E-state index in [0.29, 0.717) is 10.6 Å². The van der Waals surface area contributed by atoms with E-state index in [9.17, 15) is 14.5 Å². The van der Waals surface area contributed by atoms with Gasteiger partial charge in [-0.2, -0.15) is 0 Å². The van der Waals surface area contributed by atoms with Gasteiger partial charge in [-0.15, -0.1) is 10.2 Å². The minimum atomic E-state index is -0.798. The predicted octanol–water partition coefficient (Wildman–Crippen LogP) is 3.13. The zero-order valence-corrected chi connectivity index (χ0v) is 11.2. The number of hydrogen-bond donors (Lipinski definition) is 0. The number of rotatable bonds is 4. The number of hydrogen-bond acceptors (Lipinski definition) is 6. The van der Waals surface area contributed by atoms with E-state index in [0.717, 1.165) is 17.4 Å². The number of nitro groups is 1. The van der Waals surface area contributed by atoms with Crippen LogP contribution in [0, 0.1) is 22.9 Å². The van der Waals surface area contributed by atoms with Gasteiger partial charge in [0.1, 0.15) is 6.61 Å². The first kappa shape index (κ1) is 13.6. The van der Waals surface area contributed by atoms with Crippen molar-refractivity contribution in [3.05, 3.63) is 43.1 Å². The van der Waals surface area contributed by atoms with Crippen molar-refractivity contribution in [3.8, 4) is 5.75 Å². The Morgan fingerprint density at radius 1 is 1.53 bits per heavy atom. The number of halogens is 2. The van der Waals surface area contributed by atoms with E-state index in [1.165, 1.54) is 13.0 Å². The standard InChI is InChI=1S/C10H7ClFN3O3S/c1-5-2-8(6(12)3-7(5)15(16)17)18-4-9-13-14-10(11)19-9/h2-3H,4H2,1H3. The van der Waals surface area contributed by atoms with Crippen molar-refractivity contribution in [2.24, 2.45) is 0 Å². The van der Waals surface area contributed by atoms with Crippen LogP contribution in [0.25, 0.3) is 0 Å². The third-order valence-electron chi connectivity index (χ3n) is 2.24. The van der Waals surface area contributed by atoms with Crippen LogP contribution in [0.2, 0.25) is 4.47 Å². The lowest BCUT2D eigenvalue weighted by atomic mass is 10.2. The minimum Gasteiger partial charge on any atom is -0.483 e. The van der Waals surface area contributed by atoms with Crippen molar-refractivity contribution in [1.29, 1.82) is 0 Å². The van der Waals surface area contributed by atoms with Crippen LogP contribution in [0.15, 0.2) is 12.1 Å². The van der Waals surface area contributed by atoms with Crippen molar-refractivity contribution in [2.75, 3.05) is 0 Å². The fraction of sp³-hybridized carbons (Fsp3) is 0.200. The summed E-state index contributed by atoms with van der Waals surface area (Å²) in [5, 5.41) is 18.4. The van der Waals surface area contributed by atoms with E-state index in [1.54, 1.807) is 0 Å². The molecule has 2 rings (SSSR count). The maximum Gasteiger partial charge on any atom is 0.275 e. The Morgan fingerprint density at radius 2 is 2.26 bits per heavy atom. The van der Waals surface area contributed by atoms with E-state index in [4.69, 9.17) is 16.3 Å². The second kappa shape index (κ2) is 5.45. The lowest BCUT2D eigenvalue weighted by Gasteiger charge is -2.06. The molecule has 0 aliphatic rings. The highest BCUT2D eigenvalue weighted by molar-refractivity contribution is 7.15. The molecule has 6 nitrogen and oxygen atoms in total. The number of aryl methyl sites for hydroxylation is 1. The second-order valence-electron chi connectivity index (χ2n) is 3.56. The summed E-state index contributed by atoms with van der Waals surface area (Å²) in [7, 11) is 0.